The average Bonchev–Trinajstić information content (AvgIpc) is 3.19. The quantitative estimate of drug-likeness (QED) is 0.393. The molecule has 40 heavy (non-hydrogen) atoms. The number of likely N-dealkylation sites (tertiary alicyclic amines) is 1. The molecule has 4 rings (SSSR count). The highest BCUT2D eigenvalue weighted by molar-refractivity contribution is 5.87. The Morgan fingerprint density at radius 3 is 2.17 bits per heavy atom. The van der Waals surface area contributed by atoms with Crippen molar-refractivity contribution < 1.29 is 36.6 Å². The summed E-state index contributed by atoms with van der Waals surface area (Å²) in [6.45, 7) is 6.86. The lowest BCUT2D eigenvalue weighted by atomic mass is 9.72. The number of rotatable bonds is 5. The van der Waals surface area contributed by atoms with Gasteiger partial charge in [0.15, 0.2) is 0 Å². The van der Waals surface area contributed by atoms with Gasteiger partial charge in [-0.25, -0.2) is 18.6 Å². The smallest absolute Gasteiger partial charge is 0.416 e. The summed E-state index contributed by atoms with van der Waals surface area (Å²) in [6.07, 6.45) is -5.73. The van der Waals surface area contributed by atoms with E-state index in [9.17, 15) is 36.6 Å². The summed E-state index contributed by atoms with van der Waals surface area (Å²) in [5, 5.41) is 13.6. The van der Waals surface area contributed by atoms with Gasteiger partial charge in [-0.2, -0.15) is 13.2 Å². The Balaban J connectivity index is 1.86. The highest BCUT2D eigenvalue weighted by atomic mass is 19.4. The summed E-state index contributed by atoms with van der Waals surface area (Å²) in [6, 6.07) is 7.33. The van der Waals surface area contributed by atoms with Crippen molar-refractivity contribution in [1.82, 2.24) is 9.88 Å². The molecule has 2 heterocycles. The fraction of sp³-hybridized carbons (Fsp3) is 0.552. The molecule has 218 valence electrons. The lowest BCUT2D eigenvalue weighted by molar-refractivity contribution is -0.156. The number of carboxylic acids is 1. The second kappa shape index (κ2) is 10.6. The molecule has 1 aromatic carbocycles. The van der Waals surface area contributed by atoms with Gasteiger partial charge in [0.25, 0.3) is 0 Å². The number of pyridine rings is 1. The first-order valence-electron chi connectivity index (χ1n) is 13.3. The molecule has 1 saturated carbocycles. The fourth-order valence-electron chi connectivity index (χ4n) is 6.23. The topological polar surface area (TPSA) is 82.5 Å². The Kier molecular flexibility index (Phi) is 7.90. The monoisotopic (exact) mass is 567 g/mol. The maximum Gasteiger partial charge on any atom is 0.416 e. The van der Waals surface area contributed by atoms with Crippen molar-refractivity contribution >= 4 is 17.7 Å². The van der Waals surface area contributed by atoms with E-state index in [1.54, 1.807) is 30.3 Å². The van der Waals surface area contributed by atoms with Crippen LogP contribution >= 0.6 is 0 Å². The summed E-state index contributed by atoms with van der Waals surface area (Å²) in [7, 11) is 0. The van der Waals surface area contributed by atoms with E-state index < -0.39 is 77.8 Å². The van der Waals surface area contributed by atoms with Gasteiger partial charge >= 0.3 is 12.1 Å². The van der Waals surface area contributed by atoms with Crippen LogP contribution in [-0.4, -0.2) is 44.9 Å². The number of amides is 1. The normalized spacial score (nSPS) is 25.6. The van der Waals surface area contributed by atoms with Crippen molar-refractivity contribution in [3.8, 4) is 0 Å². The lowest BCUT2D eigenvalue weighted by Crippen LogP contribution is -2.49. The molecule has 0 spiro atoms. The number of nitrogens with one attached hydrogen (secondary N) is 1. The van der Waals surface area contributed by atoms with Crippen LogP contribution in [0.3, 0.4) is 0 Å². The Morgan fingerprint density at radius 1 is 1.05 bits per heavy atom. The number of benzene rings is 1. The van der Waals surface area contributed by atoms with Crippen molar-refractivity contribution in [3.63, 3.8) is 0 Å². The van der Waals surface area contributed by atoms with Crippen LogP contribution < -0.4 is 5.32 Å². The number of carbonyl (C=O) groups excluding carboxylic acids is 1. The van der Waals surface area contributed by atoms with E-state index in [-0.39, 0.29) is 24.4 Å². The van der Waals surface area contributed by atoms with Crippen LogP contribution in [0.5, 0.6) is 0 Å². The van der Waals surface area contributed by atoms with Crippen molar-refractivity contribution in [2.75, 3.05) is 5.32 Å². The molecule has 1 aliphatic carbocycles. The predicted octanol–water partition coefficient (Wildman–Crippen LogP) is 6.71. The van der Waals surface area contributed by atoms with E-state index in [1.165, 1.54) is 11.8 Å². The summed E-state index contributed by atoms with van der Waals surface area (Å²) in [4.78, 5) is 32.4. The van der Waals surface area contributed by atoms with Gasteiger partial charge in [0.2, 0.25) is 11.8 Å². The van der Waals surface area contributed by atoms with Crippen LogP contribution in [0.15, 0.2) is 42.5 Å². The molecule has 0 bridgehead atoms. The molecule has 1 amide bonds. The molecule has 1 saturated heterocycles. The second-order valence-corrected chi connectivity index (χ2v) is 12.0. The lowest BCUT2D eigenvalue weighted by Gasteiger charge is -2.36. The third-order valence-corrected chi connectivity index (χ3v) is 7.98. The first-order valence-corrected chi connectivity index (χ1v) is 13.3. The van der Waals surface area contributed by atoms with Crippen molar-refractivity contribution in [1.29, 1.82) is 0 Å². The third-order valence-electron chi connectivity index (χ3n) is 7.98. The van der Waals surface area contributed by atoms with E-state index in [1.807, 2.05) is 20.8 Å². The maximum atomic E-state index is 14.0. The number of halogens is 5. The molecule has 2 N–H and O–H groups in total. The van der Waals surface area contributed by atoms with E-state index >= 15 is 0 Å². The molecule has 0 radical (unpaired) electrons. The molecular weight excluding hydrogens is 533 g/mol. The Hall–Kier alpha value is -3.24. The molecule has 11 heteroatoms. The van der Waals surface area contributed by atoms with E-state index in [2.05, 4.69) is 10.3 Å². The minimum Gasteiger partial charge on any atom is -0.480 e. The summed E-state index contributed by atoms with van der Waals surface area (Å²) in [5.41, 5.74) is -0.949. The molecule has 1 aliphatic heterocycles. The number of carbonyl (C=O) groups is 2. The minimum absolute atomic E-state index is 0.0805. The molecule has 4 atom stereocenters. The van der Waals surface area contributed by atoms with E-state index in [0.717, 1.165) is 12.1 Å². The van der Waals surface area contributed by atoms with Gasteiger partial charge < -0.3 is 15.3 Å². The fourth-order valence-corrected chi connectivity index (χ4v) is 6.23. The first kappa shape index (κ1) is 29.7. The van der Waals surface area contributed by atoms with Gasteiger partial charge in [-0.1, -0.05) is 51.1 Å². The number of hydrogen-bond donors (Lipinski definition) is 2. The number of aliphatic carboxylic acids is 1. The SMILES string of the molecule is Cc1cc(C(F)(F)F)cc(N[C@@H]2[C@@H](C(C)(C)C)[C@H](C(=O)O)N(C(=O)C3CCC(F)(F)CC3)[C@@H]2c2ccccc2)n1. The largest absolute Gasteiger partial charge is 0.480 e. The minimum atomic E-state index is -4.63. The van der Waals surface area contributed by atoms with Crippen molar-refractivity contribution in [2.45, 2.75) is 83.6 Å². The van der Waals surface area contributed by atoms with Gasteiger partial charge in [-0.3, -0.25) is 4.79 Å². The van der Waals surface area contributed by atoms with E-state index in [0.29, 0.717) is 5.56 Å². The number of hydrogen-bond acceptors (Lipinski definition) is 4. The highest BCUT2D eigenvalue weighted by Gasteiger charge is 2.59. The Bertz CT molecular complexity index is 1240. The van der Waals surface area contributed by atoms with Crippen LogP contribution in [0.2, 0.25) is 0 Å². The zero-order chi connectivity index (χ0) is 29.6. The van der Waals surface area contributed by atoms with E-state index in [4.69, 9.17) is 0 Å². The molecule has 2 aromatic rings. The molecule has 1 aromatic heterocycles. The molecular formula is C29H34F5N3O3. The van der Waals surface area contributed by atoms with Crippen LogP contribution in [0.4, 0.5) is 27.8 Å². The van der Waals surface area contributed by atoms with Gasteiger partial charge in [0, 0.05) is 30.4 Å². The number of alkyl halides is 5. The van der Waals surface area contributed by atoms with Gasteiger partial charge in [0.1, 0.15) is 11.9 Å². The molecule has 0 unspecified atom stereocenters. The van der Waals surface area contributed by atoms with Gasteiger partial charge in [0.05, 0.1) is 17.6 Å². The number of aromatic nitrogens is 1. The number of carboxylic acid groups (broad SMARTS) is 1. The molecule has 6 nitrogen and oxygen atoms in total. The predicted molar refractivity (Wildman–Crippen MR) is 139 cm³/mol. The third kappa shape index (κ3) is 6.07. The summed E-state index contributed by atoms with van der Waals surface area (Å²) >= 11 is 0. The second-order valence-electron chi connectivity index (χ2n) is 12.0. The standard InChI is InChI=1S/C29H34F5N3O3/c1-16-14-19(29(32,33)34)15-20(35-16)36-22-21(27(2,3)4)24(26(39)40)37(23(22)17-8-6-5-7-9-17)25(38)18-10-12-28(30,31)13-11-18/h5-9,14-15,18,21-24H,10-13H2,1-4H3,(H,35,36)(H,39,40)/t21-,22-,23-,24-/m1/s1. The van der Waals surface area contributed by atoms with Crippen molar-refractivity contribution in [3.05, 3.63) is 59.3 Å². The Labute approximate surface area is 230 Å². The molecule has 2 fully saturated rings. The Morgan fingerprint density at radius 2 is 1.65 bits per heavy atom. The average molecular weight is 568 g/mol. The van der Waals surface area contributed by atoms with Crippen LogP contribution in [0, 0.1) is 24.2 Å². The molecule has 2 aliphatic rings. The number of anilines is 1. The van der Waals surface area contributed by atoms with Crippen LogP contribution in [0.25, 0.3) is 0 Å². The number of nitrogens with zero attached hydrogens (tertiary/aromatic N) is 2. The highest BCUT2D eigenvalue weighted by Crippen LogP contribution is 2.50. The zero-order valence-electron chi connectivity index (χ0n) is 22.8. The van der Waals surface area contributed by atoms with Gasteiger partial charge in [-0.15, -0.1) is 0 Å². The van der Waals surface area contributed by atoms with Crippen molar-refractivity contribution in [2.24, 2.45) is 17.3 Å². The number of aryl methyl sites for hydroxylation is 1. The zero-order valence-corrected chi connectivity index (χ0v) is 22.8. The van der Waals surface area contributed by atoms with Crippen LogP contribution in [-0.2, 0) is 15.8 Å². The first-order chi connectivity index (χ1) is 18.5. The van der Waals surface area contributed by atoms with Crippen LogP contribution in [0.1, 0.15) is 69.3 Å². The maximum absolute atomic E-state index is 14.0. The summed E-state index contributed by atoms with van der Waals surface area (Å²) < 4.78 is 68.7. The van der Waals surface area contributed by atoms with Gasteiger partial charge in [-0.05, 0) is 42.9 Å². The summed E-state index contributed by atoms with van der Waals surface area (Å²) in [5.74, 6) is -6.35.